The number of anilines is 1. The van der Waals surface area contributed by atoms with E-state index in [4.69, 9.17) is 5.73 Å². The number of rotatable bonds is 4. The maximum absolute atomic E-state index is 5.92. The topological polar surface area (TPSA) is 50.9 Å². The Kier molecular flexibility index (Phi) is 4.76. The van der Waals surface area contributed by atoms with Crippen LogP contribution in [-0.2, 0) is 0 Å². The van der Waals surface area contributed by atoms with Crippen LogP contribution in [-0.4, -0.2) is 18.1 Å². The molecule has 112 valence electrons. The van der Waals surface area contributed by atoms with Crippen molar-refractivity contribution in [3.63, 3.8) is 0 Å². The largest absolute Gasteiger partial charge is 0.369 e. The van der Waals surface area contributed by atoms with E-state index in [1.165, 1.54) is 36.5 Å². The number of hydrogen-bond donors (Lipinski definition) is 2. The van der Waals surface area contributed by atoms with Crippen LogP contribution in [0.5, 0.6) is 0 Å². The Bertz CT molecular complexity index is 614. The summed E-state index contributed by atoms with van der Waals surface area (Å²) in [6, 6.07) is 8.30. The summed E-state index contributed by atoms with van der Waals surface area (Å²) in [5, 5.41) is 5.94. The third-order valence-electron chi connectivity index (χ3n) is 4.65. The molecule has 1 aliphatic rings. The average Bonchev–Trinajstić information content (AvgIpc) is 2.53. The zero-order chi connectivity index (χ0) is 14.7. The molecular formula is C17H22BrN3. The van der Waals surface area contributed by atoms with Gasteiger partial charge in [0, 0.05) is 28.0 Å². The highest BCUT2D eigenvalue weighted by Crippen LogP contribution is 2.31. The van der Waals surface area contributed by atoms with E-state index in [-0.39, 0.29) is 0 Å². The van der Waals surface area contributed by atoms with Crippen LogP contribution in [0.1, 0.15) is 25.7 Å². The zero-order valence-corrected chi connectivity index (χ0v) is 13.8. The molecular weight excluding hydrogens is 326 g/mol. The van der Waals surface area contributed by atoms with Gasteiger partial charge in [-0.3, -0.25) is 0 Å². The lowest BCUT2D eigenvalue weighted by atomic mass is 9.79. The number of benzene rings is 1. The first-order valence-electron chi connectivity index (χ1n) is 7.76. The van der Waals surface area contributed by atoms with Crippen LogP contribution >= 0.6 is 15.9 Å². The third-order valence-corrected chi connectivity index (χ3v) is 5.35. The second-order valence-corrected chi connectivity index (χ2v) is 6.77. The molecule has 3 N–H and O–H groups in total. The minimum Gasteiger partial charge on any atom is -0.369 e. The number of halogens is 1. The first-order valence-corrected chi connectivity index (χ1v) is 8.56. The van der Waals surface area contributed by atoms with Crippen LogP contribution in [0.15, 0.2) is 34.9 Å². The quantitative estimate of drug-likeness (QED) is 0.872. The highest BCUT2D eigenvalue weighted by Gasteiger charge is 2.23. The highest BCUT2D eigenvalue weighted by atomic mass is 79.9. The minimum atomic E-state index is 0.660. The van der Waals surface area contributed by atoms with E-state index in [1.807, 2.05) is 12.3 Å². The molecule has 1 aromatic carbocycles. The number of hydrogen-bond acceptors (Lipinski definition) is 3. The van der Waals surface area contributed by atoms with Gasteiger partial charge < -0.3 is 11.1 Å². The summed E-state index contributed by atoms with van der Waals surface area (Å²) in [5.41, 5.74) is 5.92. The van der Waals surface area contributed by atoms with Crippen molar-refractivity contribution in [3.05, 3.63) is 34.9 Å². The van der Waals surface area contributed by atoms with Gasteiger partial charge in [0.25, 0.3) is 0 Å². The van der Waals surface area contributed by atoms with Gasteiger partial charge in [0.2, 0.25) is 0 Å². The summed E-state index contributed by atoms with van der Waals surface area (Å²) in [7, 11) is 0. The van der Waals surface area contributed by atoms with Crippen LogP contribution in [0.4, 0.5) is 5.82 Å². The van der Waals surface area contributed by atoms with Crippen LogP contribution in [0.2, 0.25) is 0 Å². The van der Waals surface area contributed by atoms with Gasteiger partial charge in [-0.2, -0.15) is 0 Å². The molecule has 0 saturated heterocycles. The minimum absolute atomic E-state index is 0.660. The summed E-state index contributed by atoms with van der Waals surface area (Å²) in [4.78, 5) is 4.52. The van der Waals surface area contributed by atoms with Crippen molar-refractivity contribution >= 4 is 32.5 Å². The molecule has 3 rings (SSSR count). The number of aromatic nitrogens is 1. The summed E-state index contributed by atoms with van der Waals surface area (Å²) >= 11 is 3.61. The fraction of sp³-hybridized carbons (Fsp3) is 0.471. The number of fused-ring (bicyclic) bond motifs is 1. The predicted octanol–water partition coefficient (Wildman–Crippen LogP) is 4.17. The monoisotopic (exact) mass is 347 g/mol. The average molecular weight is 348 g/mol. The lowest BCUT2D eigenvalue weighted by molar-refractivity contribution is 0.255. The molecule has 0 aliphatic heterocycles. The Balaban J connectivity index is 1.77. The van der Waals surface area contributed by atoms with E-state index in [0.717, 1.165) is 23.4 Å². The Hall–Kier alpha value is -1.13. The molecule has 21 heavy (non-hydrogen) atoms. The lowest BCUT2D eigenvalue weighted by Gasteiger charge is -2.31. The van der Waals surface area contributed by atoms with Crippen molar-refractivity contribution in [3.8, 4) is 0 Å². The second kappa shape index (κ2) is 6.75. The molecule has 2 unspecified atom stereocenters. The Morgan fingerprint density at radius 1 is 1.14 bits per heavy atom. The molecule has 2 atom stereocenters. The molecule has 3 nitrogen and oxygen atoms in total. The van der Waals surface area contributed by atoms with Gasteiger partial charge in [0.05, 0.1) is 0 Å². The number of nitrogens with one attached hydrogen (secondary N) is 1. The Labute approximate surface area is 134 Å². The fourth-order valence-corrected chi connectivity index (χ4v) is 3.90. The van der Waals surface area contributed by atoms with E-state index in [1.54, 1.807) is 0 Å². The van der Waals surface area contributed by atoms with Crippen LogP contribution in [0.25, 0.3) is 10.8 Å². The van der Waals surface area contributed by atoms with Crippen LogP contribution in [0, 0.1) is 11.8 Å². The Morgan fingerprint density at radius 2 is 1.95 bits per heavy atom. The first kappa shape index (κ1) is 14.8. The van der Waals surface area contributed by atoms with Gasteiger partial charge in [0.1, 0.15) is 5.82 Å². The van der Waals surface area contributed by atoms with Gasteiger partial charge in [-0.15, -0.1) is 0 Å². The molecule has 0 radical (unpaired) electrons. The highest BCUT2D eigenvalue weighted by molar-refractivity contribution is 9.10. The van der Waals surface area contributed by atoms with E-state index >= 15 is 0 Å². The van der Waals surface area contributed by atoms with Crippen molar-refractivity contribution in [1.29, 1.82) is 0 Å². The van der Waals surface area contributed by atoms with Crippen molar-refractivity contribution < 1.29 is 0 Å². The van der Waals surface area contributed by atoms with Gasteiger partial charge in [0.15, 0.2) is 0 Å². The van der Waals surface area contributed by atoms with Crippen LogP contribution in [0.3, 0.4) is 0 Å². The zero-order valence-electron chi connectivity index (χ0n) is 12.2. The van der Waals surface area contributed by atoms with Gasteiger partial charge in [-0.25, -0.2) is 4.98 Å². The van der Waals surface area contributed by atoms with Crippen molar-refractivity contribution in [1.82, 2.24) is 4.98 Å². The van der Waals surface area contributed by atoms with E-state index < -0.39 is 0 Å². The summed E-state index contributed by atoms with van der Waals surface area (Å²) in [5.74, 6) is 2.32. The summed E-state index contributed by atoms with van der Waals surface area (Å²) in [6.07, 6.45) is 7.09. The van der Waals surface area contributed by atoms with Crippen LogP contribution < -0.4 is 11.1 Å². The molecule has 1 aromatic heterocycles. The first-order chi connectivity index (χ1) is 10.3. The van der Waals surface area contributed by atoms with E-state index in [0.29, 0.717) is 11.8 Å². The molecule has 0 spiro atoms. The lowest BCUT2D eigenvalue weighted by Crippen LogP contribution is -2.31. The number of nitrogens with zero attached hydrogens (tertiary/aromatic N) is 1. The predicted molar refractivity (Wildman–Crippen MR) is 92.4 cm³/mol. The van der Waals surface area contributed by atoms with Crippen molar-refractivity contribution in [2.45, 2.75) is 25.7 Å². The smallest absolute Gasteiger partial charge is 0.133 e. The Morgan fingerprint density at radius 3 is 2.76 bits per heavy atom. The maximum Gasteiger partial charge on any atom is 0.133 e. The van der Waals surface area contributed by atoms with Crippen molar-refractivity contribution in [2.24, 2.45) is 17.6 Å². The summed E-state index contributed by atoms with van der Waals surface area (Å²) in [6.45, 7) is 1.78. The molecule has 1 aliphatic carbocycles. The number of pyridine rings is 1. The molecule has 1 saturated carbocycles. The van der Waals surface area contributed by atoms with Gasteiger partial charge in [-0.1, -0.05) is 40.9 Å². The normalized spacial score (nSPS) is 22.4. The molecule has 2 aromatic rings. The molecule has 1 heterocycles. The standard InChI is InChI=1S/C17H22BrN3/c18-16-7-3-6-15-14(16)8-9-20-17(15)21-11-13-5-2-1-4-12(13)10-19/h3,6-9,12-13H,1-2,4-5,10-11,19H2,(H,20,21). The second-order valence-electron chi connectivity index (χ2n) is 5.92. The molecule has 1 fully saturated rings. The fourth-order valence-electron chi connectivity index (χ4n) is 3.40. The summed E-state index contributed by atoms with van der Waals surface area (Å²) < 4.78 is 1.11. The van der Waals surface area contributed by atoms with Crippen molar-refractivity contribution in [2.75, 3.05) is 18.4 Å². The maximum atomic E-state index is 5.92. The molecule has 0 bridgehead atoms. The number of nitrogens with two attached hydrogens (primary N) is 1. The molecule has 0 amide bonds. The van der Waals surface area contributed by atoms with Gasteiger partial charge in [-0.05, 0) is 43.4 Å². The SMILES string of the molecule is NCC1CCCCC1CNc1nccc2c(Br)cccc12. The van der Waals surface area contributed by atoms with E-state index in [9.17, 15) is 0 Å². The third kappa shape index (κ3) is 3.22. The van der Waals surface area contributed by atoms with Gasteiger partial charge >= 0.3 is 0 Å². The molecule has 4 heteroatoms. The van der Waals surface area contributed by atoms with E-state index in [2.05, 4.69) is 44.4 Å².